The Balaban J connectivity index is 1.48. The molecule has 0 aliphatic heterocycles. The highest BCUT2D eigenvalue weighted by atomic mass is 16.6. The van der Waals surface area contributed by atoms with E-state index in [2.05, 4.69) is 5.32 Å². The van der Waals surface area contributed by atoms with E-state index in [0.717, 1.165) is 35.6 Å². The van der Waals surface area contributed by atoms with E-state index in [4.69, 9.17) is 13.9 Å². The van der Waals surface area contributed by atoms with Crippen LogP contribution in [0.3, 0.4) is 0 Å². The van der Waals surface area contributed by atoms with E-state index >= 15 is 0 Å². The van der Waals surface area contributed by atoms with Gasteiger partial charge in [0.2, 0.25) is 0 Å². The Labute approximate surface area is 167 Å². The Bertz CT molecular complexity index is 1060. The molecule has 7 nitrogen and oxygen atoms in total. The first-order chi connectivity index (χ1) is 14.0. The summed E-state index contributed by atoms with van der Waals surface area (Å²) >= 11 is 0. The molecule has 1 heterocycles. The van der Waals surface area contributed by atoms with E-state index in [0.29, 0.717) is 29.9 Å². The van der Waals surface area contributed by atoms with Gasteiger partial charge in [0, 0.05) is 16.8 Å². The van der Waals surface area contributed by atoms with Crippen molar-refractivity contribution in [2.75, 3.05) is 19.0 Å². The van der Waals surface area contributed by atoms with Gasteiger partial charge < -0.3 is 24.3 Å². The summed E-state index contributed by atoms with van der Waals surface area (Å²) in [6.45, 7) is -0.484. The number of carbonyl (C=O) groups excluding carboxylic acids is 2. The molecule has 0 bridgehead atoms. The molecule has 0 atom stereocenters. The minimum absolute atomic E-state index is 0.365. The largest absolute Gasteiger partial charge is 0.495 e. The van der Waals surface area contributed by atoms with E-state index in [1.54, 1.807) is 12.1 Å². The molecule has 7 heteroatoms. The summed E-state index contributed by atoms with van der Waals surface area (Å²) in [4.78, 5) is 24.5. The van der Waals surface area contributed by atoms with Gasteiger partial charge in [0.25, 0.3) is 5.91 Å². The van der Waals surface area contributed by atoms with E-state index in [-0.39, 0.29) is 0 Å². The average Bonchev–Trinajstić information content (AvgIpc) is 3.09. The van der Waals surface area contributed by atoms with Crippen LogP contribution in [-0.2, 0) is 14.3 Å². The SMILES string of the molecule is COc1cc2c(cc1NC(=O)COC(=O)C1(O)CCCCC1)oc1ccccc12. The zero-order chi connectivity index (χ0) is 20.4. The number of furan rings is 1. The van der Waals surface area contributed by atoms with Crippen LogP contribution in [0, 0.1) is 0 Å². The van der Waals surface area contributed by atoms with Crippen molar-refractivity contribution in [1.29, 1.82) is 0 Å². The second-order valence-corrected chi connectivity index (χ2v) is 7.36. The number of rotatable bonds is 5. The topological polar surface area (TPSA) is 98.0 Å². The van der Waals surface area contributed by atoms with Gasteiger partial charge in [-0.3, -0.25) is 4.79 Å². The van der Waals surface area contributed by atoms with Crippen LogP contribution in [0.5, 0.6) is 5.75 Å². The molecule has 152 valence electrons. The number of esters is 1. The van der Waals surface area contributed by atoms with Gasteiger partial charge in [-0.2, -0.15) is 0 Å². The van der Waals surface area contributed by atoms with Gasteiger partial charge in [0.15, 0.2) is 12.2 Å². The van der Waals surface area contributed by atoms with Crippen LogP contribution in [-0.4, -0.2) is 36.3 Å². The lowest BCUT2D eigenvalue weighted by molar-refractivity contribution is -0.170. The van der Waals surface area contributed by atoms with Crippen molar-refractivity contribution in [2.45, 2.75) is 37.7 Å². The number of methoxy groups -OCH3 is 1. The van der Waals surface area contributed by atoms with Crippen molar-refractivity contribution in [3.8, 4) is 5.75 Å². The highest BCUT2D eigenvalue weighted by Crippen LogP contribution is 2.36. The molecular weight excluding hydrogens is 374 g/mol. The summed E-state index contributed by atoms with van der Waals surface area (Å²) in [6.07, 6.45) is 3.26. The zero-order valence-electron chi connectivity index (χ0n) is 16.2. The lowest BCUT2D eigenvalue weighted by Gasteiger charge is -2.29. The lowest BCUT2D eigenvalue weighted by Crippen LogP contribution is -2.42. The molecule has 29 heavy (non-hydrogen) atoms. The van der Waals surface area contributed by atoms with Crippen molar-refractivity contribution in [2.24, 2.45) is 0 Å². The number of nitrogens with one attached hydrogen (secondary N) is 1. The molecule has 1 saturated carbocycles. The molecule has 3 aromatic rings. The molecule has 1 aliphatic rings. The number of hydrogen-bond donors (Lipinski definition) is 2. The van der Waals surface area contributed by atoms with Gasteiger partial charge in [0.05, 0.1) is 12.8 Å². The van der Waals surface area contributed by atoms with Gasteiger partial charge in [-0.1, -0.05) is 24.6 Å². The van der Waals surface area contributed by atoms with Crippen LogP contribution in [0.4, 0.5) is 5.69 Å². The minimum Gasteiger partial charge on any atom is -0.495 e. The van der Waals surface area contributed by atoms with Gasteiger partial charge in [-0.25, -0.2) is 4.79 Å². The predicted molar refractivity (Wildman–Crippen MR) is 108 cm³/mol. The van der Waals surface area contributed by atoms with Crippen LogP contribution in [0.2, 0.25) is 0 Å². The Morgan fingerprint density at radius 1 is 1.10 bits per heavy atom. The third kappa shape index (κ3) is 3.78. The van der Waals surface area contributed by atoms with E-state index < -0.39 is 24.1 Å². The van der Waals surface area contributed by atoms with Crippen LogP contribution >= 0.6 is 0 Å². The average molecular weight is 397 g/mol. The number of fused-ring (bicyclic) bond motifs is 3. The Morgan fingerprint density at radius 2 is 1.86 bits per heavy atom. The summed E-state index contributed by atoms with van der Waals surface area (Å²) in [5.74, 6) is -0.798. The van der Waals surface area contributed by atoms with Gasteiger partial charge in [-0.05, 0) is 37.8 Å². The first-order valence-corrected chi connectivity index (χ1v) is 9.69. The first-order valence-electron chi connectivity index (χ1n) is 9.69. The summed E-state index contributed by atoms with van der Waals surface area (Å²) < 4.78 is 16.3. The summed E-state index contributed by atoms with van der Waals surface area (Å²) in [7, 11) is 1.51. The van der Waals surface area contributed by atoms with Crippen molar-refractivity contribution in [1.82, 2.24) is 0 Å². The normalized spacial score (nSPS) is 15.9. The zero-order valence-corrected chi connectivity index (χ0v) is 16.2. The molecule has 1 fully saturated rings. The van der Waals surface area contributed by atoms with E-state index in [1.807, 2.05) is 24.3 Å². The minimum atomic E-state index is -1.48. The monoisotopic (exact) mass is 397 g/mol. The molecule has 1 aliphatic carbocycles. The predicted octanol–water partition coefficient (Wildman–Crippen LogP) is 3.77. The molecule has 0 unspecified atom stereocenters. The molecule has 2 N–H and O–H groups in total. The quantitative estimate of drug-likeness (QED) is 0.636. The third-order valence-corrected chi connectivity index (χ3v) is 5.37. The standard InChI is InChI=1S/C22H23NO6/c1-27-19-11-15-14-7-3-4-8-17(14)29-18(15)12-16(19)23-20(24)13-28-21(25)22(26)9-5-2-6-10-22/h3-4,7-8,11-12,26H,2,5-6,9-10,13H2,1H3,(H,23,24). The summed E-state index contributed by atoms with van der Waals surface area (Å²) in [6, 6.07) is 11.1. The Hall–Kier alpha value is -3.06. The maximum absolute atomic E-state index is 12.3. The highest BCUT2D eigenvalue weighted by Gasteiger charge is 2.38. The fourth-order valence-corrected chi connectivity index (χ4v) is 3.81. The second-order valence-electron chi connectivity index (χ2n) is 7.36. The second kappa shape index (κ2) is 7.75. The number of ether oxygens (including phenoxy) is 2. The number of carbonyl (C=O) groups is 2. The van der Waals surface area contributed by atoms with Crippen molar-refractivity contribution in [3.05, 3.63) is 36.4 Å². The molecule has 1 amide bonds. The molecule has 2 aromatic carbocycles. The fourth-order valence-electron chi connectivity index (χ4n) is 3.81. The number of aliphatic hydroxyl groups is 1. The number of para-hydroxylation sites is 1. The van der Waals surface area contributed by atoms with Crippen molar-refractivity contribution < 1.29 is 28.6 Å². The summed E-state index contributed by atoms with van der Waals surface area (Å²) in [5, 5.41) is 14.9. The Kier molecular flexibility index (Phi) is 5.15. The first kappa shape index (κ1) is 19.3. The van der Waals surface area contributed by atoms with Crippen LogP contribution in [0.1, 0.15) is 32.1 Å². The maximum Gasteiger partial charge on any atom is 0.338 e. The fraction of sp³-hybridized carbons (Fsp3) is 0.364. The van der Waals surface area contributed by atoms with Crippen LogP contribution in [0.25, 0.3) is 21.9 Å². The van der Waals surface area contributed by atoms with Crippen LogP contribution in [0.15, 0.2) is 40.8 Å². The number of amides is 1. The van der Waals surface area contributed by atoms with Crippen molar-refractivity contribution >= 4 is 39.5 Å². The lowest BCUT2D eigenvalue weighted by atomic mass is 9.85. The highest BCUT2D eigenvalue weighted by molar-refractivity contribution is 6.07. The van der Waals surface area contributed by atoms with Gasteiger partial charge >= 0.3 is 5.97 Å². The smallest absolute Gasteiger partial charge is 0.338 e. The Morgan fingerprint density at radius 3 is 2.62 bits per heavy atom. The molecule has 0 saturated heterocycles. The van der Waals surface area contributed by atoms with Crippen LogP contribution < -0.4 is 10.1 Å². The van der Waals surface area contributed by atoms with Gasteiger partial charge in [0.1, 0.15) is 16.9 Å². The number of hydrogen-bond acceptors (Lipinski definition) is 6. The van der Waals surface area contributed by atoms with Gasteiger partial charge in [-0.15, -0.1) is 0 Å². The van der Waals surface area contributed by atoms with Crippen molar-refractivity contribution in [3.63, 3.8) is 0 Å². The maximum atomic E-state index is 12.3. The number of anilines is 1. The molecule has 1 aromatic heterocycles. The molecule has 0 radical (unpaired) electrons. The molecular formula is C22H23NO6. The molecule has 4 rings (SSSR count). The summed E-state index contributed by atoms with van der Waals surface area (Å²) in [5.41, 5.74) is 0.277. The van der Waals surface area contributed by atoms with E-state index in [9.17, 15) is 14.7 Å². The third-order valence-electron chi connectivity index (χ3n) is 5.37. The number of benzene rings is 2. The molecule has 0 spiro atoms. The van der Waals surface area contributed by atoms with E-state index in [1.165, 1.54) is 7.11 Å².